The lowest BCUT2D eigenvalue weighted by molar-refractivity contribution is 0.0540. The van der Waals surface area contributed by atoms with E-state index >= 15 is 0 Å². The molecule has 1 aromatic rings. The van der Waals surface area contributed by atoms with Gasteiger partial charge in [-0.25, -0.2) is 0 Å². The minimum Gasteiger partial charge on any atom is -0.493 e. The zero-order chi connectivity index (χ0) is 13.2. The smallest absolute Gasteiger partial charge is 0.161 e. The summed E-state index contributed by atoms with van der Waals surface area (Å²) in [5, 5.41) is 0. The first kappa shape index (κ1) is 14.5. The van der Waals surface area contributed by atoms with Crippen molar-refractivity contribution >= 4 is 6.29 Å². The molecule has 0 heterocycles. The van der Waals surface area contributed by atoms with Gasteiger partial charge in [-0.3, -0.25) is 4.79 Å². The van der Waals surface area contributed by atoms with Gasteiger partial charge in [-0.05, 0) is 18.2 Å². The van der Waals surface area contributed by atoms with Crippen molar-refractivity contribution in [3.63, 3.8) is 0 Å². The first-order valence-corrected chi connectivity index (χ1v) is 5.64. The molecule has 1 rings (SSSR count). The SMILES string of the molecule is COCCOCCOc1ccc(C=O)cc1OC. The standard InChI is InChI=1S/C13H18O5/c1-15-5-6-17-7-8-18-12-4-3-11(10-14)9-13(12)16-2/h3-4,9-10H,5-8H2,1-2H3. The van der Waals surface area contributed by atoms with E-state index < -0.39 is 0 Å². The van der Waals surface area contributed by atoms with E-state index in [-0.39, 0.29) is 0 Å². The normalized spacial score (nSPS) is 10.1. The van der Waals surface area contributed by atoms with Crippen molar-refractivity contribution in [2.75, 3.05) is 40.6 Å². The van der Waals surface area contributed by atoms with Crippen molar-refractivity contribution in [1.82, 2.24) is 0 Å². The number of methoxy groups -OCH3 is 2. The van der Waals surface area contributed by atoms with E-state index in [0.29, 0.717) is 43.5 Å². The molecule has 18 heavy (non-hydrogen) atoms. The fourth-order valence-electron chi connectivity index (χ4n) is 1.33. The van der Waals surface area contributed by atoms with Gasteiger partial charge >= 0.3 is 0 Å². The maximum Gasteiger partial charge on any atom is 0.161 e. The highest BCUT2D eigenvalue weighted by Gasteiger charge is 2.05. The Morgan fingerprint density at radius 3 is 2.50 bits per heavy atom. The zero-order valence-electron chi connectivity index (χ0n) is 10.7. The van der Waals surface area contributed by atoms with Gasteiger partial charge in [0.2, 0.25) is 0 Å². The van der Waals surface area contributed by atoms with Gasteiger partial charge in [0.05, 0.1) is 26.9 Å². The highest BCUT2D eigenvalue weighted by atomic mass is 16.5. The molecule has 5 heteroatoms. The average molecular weight is 254 g/mol. The van der Waals surface area contributed by atoms with Crippen LogP contribution in [-0.4, -0.2) is 46.9 Å². The van der Waals surface area contributed by atoms with Crippen LogP contribution in [0.25, 0.3) is 0 Å². The van der Waals surface area contributed by atoms with Crippen molar-refractivity contribution in [2.24, 2.45) is 0 Å². The molecule has 0 fully saturated rings. The van der Waals surface area contributed by atoms with E-state index in [1.54, 1.807) is 25.3 Å². The minimum atomic E-state index is 0.417. The van der Waals surface area contributed by atoms with Crippen molar-refractivity contribution in [3.05, 3.63) is 23.8 Å². The van der Waals surface area contributed by atoms with Crippen LogP contribution in [0.3, 0.4) is 0 Å². The van der Waals surface area contributed by atoms with Crippen LogP contribution in [0.4, 0.5) is 0 Å². The summed E-state index contributed by atoms with van der Waals surface area (Å²) in [6.07, 6.45) is 0.764. The van der Waals surface area contributed by atoms with Gasteiger partial charge in [0.1, 0.15) is 12.9 Å². The first-order chi connectivity index (χ1) is 8.81. The molecule has 0 spiro atoms. The van der Waals surface area contributed by atoms with Gasteiger partial charge in [-0.2, -0.15) is 0 Å². The summed E-state index contributed by atoms with van der Waals surface area (Å²) in [7, 11) is 3.16. The van der Waals surface area contributed by atoms with E-state index in [0.717, 1.165) is 6.29 Å². The van der Waals surface area contributed by atoms with E-state index in [1.807, 2.05) is 0 Å². The van der Waals surface area contributed by atoms with Gasteiger partial charge in [-0.1, -0.05) is 0 Å². The number of aldehydes is 1. The van der Waals surface area contributed by atoms with Crippen LogP contribution >= 0.6 is 0 Å². The number of carbonyl (C=O) groups excluding carboxylic acids is 1. The number of carbonyl (C=O) groups is 1. The molecule has 0 bridgehead atoms. The molecule has 100 valence electrons. The Balaban J connectivity index is 2.39. The van der Waals surface area contributed by atoms with Gasteiger partial charge < -0.3 is 18.9 Å². The molecule has 0 saturated carbocycles. The van der Waals surface area contributed by atoms with Crippen molar-refractivity contribution in [3.8, 4) is 11.5 Å². The zero-order valence-corrected chi connectivity index (χ0v) is 10.7. The van der Waals surface area contributed by atoms with Crippen molar-refractivity contribution in [2.45, 2.75) is 0 Å². The Morgan fingerprint density at radius 1 is 1.06 bits per heavy atom. The van der Waals surface area contributed by atoms with Gasteiger partial charge in [0.25, 0.3) is 0 Å². The number of hydrogen-bond acceptors (Lipinski definition) is 5. The Kier molecular flexibility index (Phi) is 6.83. The maximum atomic E-state index is 10.6. The summed E-state index contributed by atoms with van der Waals surface area (Å²) in [6.45, 7) is 2.00. The van der Waals surface area contributed by atoms with Crippen LogP contribution < -0.4 is 9.47 Å². The number of rotatable bonds is 9. The summed E-state index contributed by atoms with van der Waals surface area (Å²) < 4.78 is 20.8. The van der Waals surface area contributed by atoms with Crippen LogP contribution in [0.2, 0.25) is 0 Å². The molecule has 5 nitrogen and oxygen atoms in total. The first-order valence-electron chi connectivity index (χ1n) is 5.64. The third-order valence-electron chi connectivity index (χ3n) is 2.24. The van der Waals surface area contributed by atoms with Gasteiger partial charge in [0, 0.05) is 12.7 Å². The van der Waals surface area contributed by atoms with Gasteiger partial charge in [-0.15, -0.1) is 0 Å². The molecule has 0 N–H and O–H groups in total. The third-order valence-corrected chi connectivity index (χ3v) is 2.24. The highest BCUT2D eigenvalue weighted by molar-refractivity contribution is 5.76. The summed E-state index contributed by atoms with van der Waals surface area (Å²) in [5.74, 6) is 1.13. The largest absolute Gasteiger partial charge is 0.493 e. The quantitative estimate of drug-likeness (QED) is 0.494. The summed E-state index contributed by atoms with van der Waals surface area (Å²) >= 11 is 0. The van der Waals surface area contributed by atoms with Crippen LogP contribution in [0.1, 0.15) is 10.4 Å². The molecule has 0 aliphatic rings. The summed E-state index contributed by atoms with van der Waals surface area (Å²) in [4.78, 5) is 10.6. The molecule has 0 aliphatic heterocycles. The van der Waals surface area contributed by atoms with Gasteiger partial charge in [0.15, 0.2) is 11.5 Å². The van der Waals surface area contributed by atoms with Crippen LogP contribution in [-0.2, 0) is 9.47 Å². The monoisotopic (exact) mass is 254 g/mol. The Morgan fingerprint density at radius 2 is 1.83 bits per heavy atom. The fraction of sp³-hybridized carbons (Fsp3) is 0.462. The third kappa shape index (κ3) is 4.73. The lowest BCUT2D eigenvalue weighted by Gasteiger charge is -2.11. The Bertz CT molecular complexity index is 364. The second kappa shape index (κ2) is 8.49. The average Bonchev–Trinajstić information content (AvgIpc) is 2.42. The predicted molar refractivity (Wildman–Crippen MR) is 66.6 cm³/mol. The summed E-state index contributed by atoms with van der Waals surface area (Å²) in [5.41, 5.74) is 0.551. The second-order valence-corrected chi connectivity index (χ2v) is 3.48. The van der Waals surface area contributed by atoms with Crippen molar-refractivity contribution in [1.29, 1.82) is 0 Å². The van der Waals surface area contributed by atoms with E-state index in [1.165, 1.54) is 7.11 Å². The second-order valence-electron chi connectivity index (χ2n) is 3.48. The molecule has 0 aromatic heterocycles. The summed E-state index contributed by atoms with van der Waals surface area (Å²) in [6, 6.07) is 5.02. The Labute approximate surface area is 107 Å². The topological polar surface area (TPSA) is 54.0 Å². The molecule has 0 aliphatic carbocycles. The van der Waals surface area contributed by atoms with Crippen molar-refractivity contribution < 1.29 is 23.7 Å². The minimum absolute atomic E-state index is 0.417. The molecule has 0 radical (unpaired) electrons. The molecule has 0 amide bonds. The lowest BCUT2D eigenvalue weighted by Crippen LogP contribution is -2.10. The predicted octanol–water partition coefficient (Wildman–Crippen LogP) is 1.55. The number of benzene rings is 1. The van der Waals surface area contributed by atoms with E-state index in [2.05, 4.69) is 0 Å². The Hall–Kier alpha value is -1.59. The lowest BCUT2D eigenvalue weighted by atomic mass is 10.2. The number of ether oxygens (including phenoxy) is 4. The highest BCUT2D eigenvalue weighted by Crippen LogP contribution is 2.27. The molecule has 1 aromatic carbocycles. The van der Waals surface area contributed by atoms with Crippen LogP contribution in [0.5, 0.6) is 11.5 Å². The molecular weight excluding hydrogens is 236 g/mol. The van der Waals surface area contributed by atoms with E-state index in [4.69, 9.17) is 18.9 Å². The van der Waals surface area contributed by atoms with Crippen LogP contribution in [0, 0.1) is 0 Å². The molecular formula is C13H18O5. The molecule has 0 atom stereocenters. The molecule has 0 saturated heterocycles. The van der Waals surface area contributed by atoms with E-state index in [9.17, 15) is 4.79 Å². The number of hydrogen-bond donors (Lipinski definition) is 0. The molecule has 0 unspecified atom stereocenters. The van der Waals surface area contributed by atoms with Crippen LogP contribution in [0.15, 0.2) is 18.2 Å². The maximum absolute atomic E-state index is 10.6. The fourth-order valence-corrected chi connectivity index (χ4v) is 1.33.